The first-order valence-corrected chi connectivity index (χ1v) is 13.6. The second-order valence-electron chi connectivity index (χ2n) is 10.4. The Morgan fingerprint density at radius 1 is 1.13 bits per heavy atom. The first kappa shape index (κ1) is 27.3. The van der Waals surface area contributed by atoms with E-state index in [1.807, 2.05) is 6.07 Å². The van der Waals surface area contributed by atoms with Crippen molar-refractivity contribution >= 4 is 29.1 Å². The van der Waals surface area contributed by atoms with Crippen LogP contribution in [0.15, 0.2) is 47.7 Å². The molecule has 204 valence electrons. The Hall–Kier alpha value is -2.29. The van der Waals surface area contributed by atoms with Crippen molar-refractivity contribution in [1.82, 2.24) is 16.0 Å². The van der Waals surface area contributed by atoms with Gasteiger partial charge in [-0.3, -0.25) is 4.79 Å². The van der Waals surface area contributed by atoms with E-state index in [-0.39, 0.29) is 11.6 Å². The first-order chi connectivity index (χ1) is 18.1. The Kier molecular flexibility index (Phi) is 7.68. The van der Waals surface area contributed by atoms with Crippen LogP contribution in [0.1, 0.15) is 55.2 Å². The molecule has 0 spiro atoms. The lowest BCUT2D eigenvalue weighted by Gasteiger charge is -2.31. The van der Waals surface area contributed by atoms with Gasteiger partial charge in [-0.1, -0.05) is 35.3 Å². The molecule has 2 aliphatic carbocycles. The van der Waals surface area contributed by atoms with Gasteiger partial charge < -0.3 is 16.0 Å². The number of carbonyl (C=O) groups excluding carboxylic acids is 1. The van der Waals surface area contributed by atoms with Crippen LogP contribution in [-0.2, 0) is 22.8 Å². The van der Waals surface area contributed by atoms with Gasteiger partial charge in [0.15, 0.2) is 0 Å². The van der Waals surface area contributed by atoms with Crippen molar-refractivity contribution in [3.63, 3.8) is 0 Å². The van der Waals surface area contributed by atoms with E-state index in [1.165, 1.54) is 5.57 Å². The number of carbonyl (C=O) groups is 1. The molecule has 38 heavy (non-hydrogen) atoms. The molecule has 0 bridgehead atoms. The molecule has 2 saturated carbocycles. The van der Waals surface area contributed by atoms with E-state index in [2.05, 4.69) is 16.0 Å². The average molecular weight is 570 g/mol. The Labute approximate surface area is 229 Å². The van der Waals surface area contributed by atoms with Gasteiger partial charge in [0.05, 0.1) is 17.0 Å². The van der Waals surface area contributed by atoms with Gasteiger partial charge in [0, 0.05) is 33.9 Å². The van der Waals surface area contributed by atoms with E-state index in [0.29, 0.717) is 35.4 Å². The second-order valence-corrected chi connectivity index (χ2v) is 11.3. The predicted molar refractivity (Wildman–Crippen MR) is 140 cm³/mol. The van der Waals surface area contributed by atoms with Crippen molar-refractivity contribution in [2.24, 2.45) is 0 Å². The van der Waals surface area contributed by atoms with Crippen molar-refractivity contribution in [1.29, 1.82) is 0 Å². The summed E-state index contributed by atoms with van der Waals surface area (Å²) < 4.78 is 54.2. The van der Waals surface area contributed by atoms with Crippen LogP contribution in [0, 0.1) is 5.82 Å². The van der Waals surface area contributed by atoms with Crippen LogP contribution < -0.4 is 16.0 Å². The molecular weight excluding hydrogens is 541 g/mol. The van der Waals surface area contributed by atoms with Gasteiger partial charge in [0.1, 0.15) is 5.82 Å². The molecule has 1 aliphatic heterocycles. The molecule has 4 nitrogen and oxygen atoms in total. The minimum atomic E-state index is -4.66. The third-order valence-corrected chi connectivity index (χ3v) is 8.21. The zero-order chi connectivity index (χ0) is 27.1. The third-order valence-electron chi connectivity index (χ3n) is 7.63. The summed E-state index contributed by atoms with van der Waals surface area (Å²) in [6.45, 7) is 1.77. The zero-order valence-electron chi connectivity index (χ0n) is 20.7. The molecule has 0 aromatic heterocycles. The van der Waals surface area contributed by atoms with E-state index in [9.17, 15) is 22.4 Å². The molecule has 1 saturated heterocycles. The molecule has 2 aromatic rings. The molecular formula is C28H29Cl2F4N3O. The fourth-order valence-corrected chi connectivity index (χ4v) is 5.71. The van der Waals surface area contributed by atoms with Crippen molar-refractivity contribution in [2.45, 2.75) is 68.6 Å². The number of piperidine rings is 1. The largest absolute Gasteiger partial charge is 0.416 e. The summed E-state index contributed by atoms with van der Waals surface area (Å²) in [7, 11) is 0. The second kappa shape index (κ2) is 10.7. The maximum absolute atomic E-state index is 14.9. The fraction of sp³-hybridized carbons (Fsp3) is 0.464. The molecule has 1 heterocycles. The molecule has 10 heteroatoms. The van der Waals surface area contributed by atoms with Gasteiger partial charge in [0.2, 0.25) is 5.91 Å². The predicted octanol–water partition coefficient (Wildman–Crippen LogP) is 6.30. The number of amides is 1. The van der Waals surface area contributed by atoms with Crippen molar-refractivity contribution in [3.8, 4) is 0 Å². The highest BCUT2D eigenvalue weighted by Gasteiger charge is 2.53. The van der Waals surface area contributed by atoms with Crippen LogP contribution in [0.2, 0.25) is 10.0 Å². The average Bonchev–Trinajstić information content (AvgIpc) is 3.78. The van der Waals surface area contributed by atoms with Gasteiger partial charge in [-0.15, -0.1) is 0 Å². The lowest BCUT2D eigenvalue weighted by atomic mass is 9.92. The van der Waals surface area contributed by atoms with Gasteiger partial charge >= 0.3 is 6.18 Å². The normalized spacial score (nSPS) is 21.0. The van der Waals surface area contributed by atoms with Crippen LogP contribution >= 0.6 is 23.2 Å². The Balaban J connectivity index is 1.43. The molecule has 3 N–H and O–H groups in total. The minimum Gasteiger partial charge on any atom is -0.383 e. The molecule has 2 aromatic carbocycles. The number of nitrogens with one attached hydrogen (secondary N) is 3. The van der Waals surface area contributed by atoms with E-state index < -0.39 is 34.9 Å². The highest BCUT2D eigenvalue weighted by Crippen LogP contribution is 2.50. The number of halogens is 6. The van der Waals surface area contributed by atoms with Crippen LogP contribution in [0.25, 0.3) is 0 Å². The third kappa shape index (κ3) is 5.97. The van der Waals surface area contributed by atoms with E-state index >= 15 is 0 Å². The van der Waals surface area contributed by atoms with Crippen molar-refractivity contribution in [3.05, 3.63) is 80.2 Å². The summed E-state index contributed by atoms with van der Waals surface area (Å²) >= 11 is 12.6. The van der Waals surface area contributed by atoms with E-state index in [4.69, 9.17) is 23.2 Å². The highest BCUT2D eigenvalue weighted by atomic mass is 35.5. The summed E-state index contributed by atoms with van der Waals surface area (Å²) in [5, 5.41) is 11.2. The first-order valence-electron chi connectivity index (χ1n) is 12.9. The fourth-order valence-electron chi connectivity index (χ4n) is 5.23. The lowest BCUT2D eigenvalue weighted by Crippen LogP contribution is -2.50. The monoisotopic (exact) mass is 569 g/mol. The number of allylic oxidation sites excluding steroid dienone is 1. The van der Waals surface area contributed by atoms with Crippen molar-refractivity contribution in [2.75, 3.05) is 13.1 Å². The highest BCUT2D eigenvalue weighted by molar-refractivity contribution is 6.35. The molecule has 2 atom stereocenters. The van der Waals surface area contributed by atoms with E-state index in [1.54, 1.807) is 12.1 Å². The molecule has 1 amide bonds. The molecule has 0 radical (unpaired) electrons. The van der Waals surface area contributed by atoms with Gasteiger partial charge in [-0.25, -0.2) is 4.39 Å². The number of hydrogen-bond acceptors (Lipinski definition) is 3. The maximum atomic E-state index is 14.9. The Bertz CT molecular complexity index is 1250. The Morgan fingerprint density at radius 3 is 2.47 bits per heavy atom. The topological polar surface area (TPSA) is 53.2 Å². The summed E-state index contributed by atoms with van der Waals surface area (Å²) in [4.78, 5) is 13.7. The summed E-state index contributed by atoms with van der Waals surface area (Å²) in [5.41, 5.74) is 0.697. The standard InChI is InChI=1S/C28H29Cl2F4N3O/c29-19-7-5-17(22(30)14-19)12-24(25(16-3-4-16)36-20-2-1-11-35-15-20)37-26(38)27(9-10-27)21-8-6-18(13-23(21)31)28(32,33)34/h5-8,13-14,20,24,35-36H,1-4,9-12,15H2,(H,37,38)/t20-,24+/m1/s1. The SMILES string of the molecule is O=C(N[C@@H](Cc1ccc(Cl)cc1Cl)C(N[C@@H]1CCCNC1)=C1CC1)C1(c2ccc(C(F)(F)F)cc2F)CC1. The van der Waals surface area contributed by atoms with Crippen molar-refractivity contribution < 1.29 is 22.4 Å². The number of alkyl halides is 3. The maximum Gasteiger partial charge on any atom is 0.416 e. The molecule has 3 aliphatic rings. The number of benzene rings is 2. The van der Waals surface area contributed by atoms with Crippen LogP contribution in [0.4, 0.5) is 17.6 Å². The van der Waals surface area contributed by atoms with Gasteiger partial charge in [-0.2, -0.15) is 13.2 Å². The van der Waals surface area contributed by atoms with Crippen LogP contribution in [0.5, 0.6) is 0 Å². The van der Waals surface area contributed by atoms with Crippen LogP contribution in [0.3, 0.4) is 0 Å². The smallest absolute Gasteiger partial charge is 0.383 e. The molecule has 3 fully saturated rings. The van der Waals surface area contributed by atoms with Gasteiger partial charge in [0.25, 0.3) is 0 Å². The van der Waals surface area contributed by atoms with Gasteiger partial charge in [-0.05, 0) is 86.9 Å². The number of hydrogen-bond donors (Lipinski definition) is 3. The zero-order valence-corrected chi connectivity index (χ0v) is 22.2. The summed E-state index contributed by atoms with van der Waals surface area (Å²) in [6, 6.07) is 7.37. The molecule has 0 unspecified atom stereocenters. The number of rotatable bonds is 8. The minimum absolute atomic E-state index is 0.00339. The quantitative estimate of drug-likeness (QED) is 0.327. The molecule has 5 rings (SSSR count). The summed E-state index contributed by atoms with van der Waals surface area (Å²) in [5.74, 6) is -1.41. The lowest BCUT2D eigenvalue weighted by molar-refractivity contribution is -0.137. The summed E-state index contributed by atoms with van der Waals surface area (Å²) in [6.07, 6.45) is 0.321. The van der Waals surface area contributed by atoms with Crippen LogP contribution in [-0.4, -0.2) is 31.1 Å². The van der Waals surface area contributed by atoms with E-state index in [0.717, 1.165) is 62.2 Å². The Morgan fingerprint density at radius 2 is 1.89 bits per heavy atom.